The van der Waals surface area contributed by atoms with Crippen molar-refractivity contribution in [1.82, 2.24) is 0 Å². The maximum Gasteiger partial charge on any atom is 0.119 e. The van der Waals surface area contributed by atoms with Crippen LogP contribution in [0.4, 0.5) is 0 Å². The van der Waals surface area contributed by atoms with Crippen LogP contribution in [-0.4, -0.2) is 11.2 Å². The second-order valence-electron chi connectivity index (χ2n) is 4.24. The summed E-state index contributed by atoms with van der Waals surface area (Å²) in [6.45, 7) is 4.01. The Hall–Kier alpha value is -1.96. The van der Waals surface area contributed by atoms with E-state index in [-0.39, 0.29) is 11.9 Å². The third-order valence-corrected chi connectivity index (χ3v) is 2.41. The molecule has 1 N–H and O–H groups in total. The molecular weight excluding hydrogens is 212 g/mol. The minimum atomic E-state index is 0.182. The van der Waals surface area contributed by atoms with Crippen LogP contribution in [0, 0.1) is 0 Å². The van der Waals surface area contributed by atoms with E-state index in [4.69, 9.17) is 4.74 Å². The highest BCUT2D eigenvalue weighted by Crippen LogP contribution is 2.25. The Labute approximate surface area is 101 Å². The molecule has 0 aromatic heterocycles. The topological polar surface area (TPSA) is 29.5 Å². The van der Waals surface area contributed by atoms with E-state index in [1.165, 1.54) is 0 Å². The van der Waals surface area contributed by atoms with Crippen LogP contribution in [0.2, 0.25) is 0 Å². The van der Waals surface area contributed by atoms with Crippen molar-refractivity contribution in [2.45, 2.75) is 20.0 Å². The summed E-state index contributed by atoms with van der Waals surface area (Å²) < 4.78 is 5.58. The standard InChI is InChI=1S/C15H16O2/c1-11(2)17-15-8-6-12(7-9-15)13-4-3-5-14(16)10-13/h3-11,16H,1-2H3. The van der Waals surface area contributed by atoms with Crippen molar-refractivity contribution in [3.05, 3.63) is 48.5 Å². The number of phenolic OH excluding ortho intramolecular Hbond substituents is 1. The van der Waals surface area contributed by atoms with Gasteiger partial charge in [-0.1, -0.05) is 24.3 Å². The van der Waals surface area contributed by atoms with E-state index >= 15 is 0 Å². The third kappa shape index (κ3) is 3.00. The number of benzene rings is 2. The Morgan fingerprint density at radius 2 is 1.65 bits per heavy atom. The first kappa shape index (κ1) is 11.5. The van der Waals surface area contributed by atoms with E-state index in [2.05, 4.69) is 0 Å². The van der Waals surface area contributed by atoms with Gasteiger partial charge in [-0.3, -0.25) is 0 Å². The molecule has 88 valence electrons. The fourth-order valence-electron chi connectivity index (χ4n) is 1.68. The maximum atomic E-state index is 9.42. The predicted molar refractivity (Wildman–Crippen MR) is 69.3 cm³/mol. The average Bonchev–Trinajstić information content (AvgIpc) is 2.29. The Balaban J connectivity index is 2.23. The average molecular weight is 228 g/mol. The minimum absolute atomic E-state index is 0.182. The molecule has 0 aliphatic carbocycles. The van der Waals surface area contributed by atoms with Crippen molar-refractivity contribution in [2.24, 2.45) is 0 Å². The Kier molecular flexibility index (Phi) is 3.33. The van der Waals surface area contributed by atoms with Crippen molar-refractivity contribution in [2.75, 3.05) is 0 Å². The van der Waals surface area contributed by atoms with Gasteiger partial charge in [-0.15, -0.1) is 0 Å². The van der Waals surface area contributed by atoms with Gasteiger partial charge in [0, 0.05) is 0 Å². The molecule has 0 radical (unpaired) electrons. The molecule has 0 saturated heterocycles. The van der Waals surface area contributed by atoms with Crippen molar-refractivity contribution in [3.63, 3.8) is 0 Å². The van der Waals surface area contributed by atoms with E-state index in [0.717, 1.165) is 16.9 Å². The number of hydrogen-bond donors (Lipinski definition) is 1. The van der Waals surface area contributed by atoms with Gasteiger partial charge in [0.05, 0.1) is 6.10 Å². The van der Waals surface area contributed by atoms with Crippen LogP contribution in [0.15, 0.2) is 48.5 Å². The van der Waals surface area contributed by atoms with Crippen LogP contribution in [0.1, 0.15) is 13.8 Å². The number of aromatic hydroxyl groups is 1. The molecule has 0 amide bonds. The van der Waals surface area contributed by atoms with Crippen LogP contribution in [0.5, 0.6) is 11.5 Å². The lowest BCUT2D eigenvalue weighted by Crippen LogP contribution is -2.05. The van der Waals surface area contributed by atoms with Crippen LogP contribution in [0.25, 0.3) is 11.1 Å². The van der Waals surface area contributed by atoms with Crippen LogP contribution in [0.3, 0.4) is 0 Å². The van der Waals surface area contributed by atoms with Gasteiger partial charge in [0.25, 0.3) is 0 Å². The first-order chi connectivity index (χ1) is 8.15. The second-order valence-corrected chi connectivity index (χ2v) is 4.24. The summed E-state index contributed by atoms with van der Waals surface area (Å²) in [6.07, 6.45) is 0.182. The van der Waals surface area contributed by atoms with Crippen molar-refractivity contribution >= 4 is 0 Å². The van der Waals surface area contributed by atoms with Crippen LogP contribution >= 0.6 is 0 Å². The van der Waals surface area contributed by atoms with E-state index in [0.29, 0.717) is 0 Å². The number of rotatable bonds is 3. The molecular formula is C15H16O2. The molecule has 0 aliphatic heterocycles. The monoisotopic (exact) mass is 228 g/mol. The first-order valence-corrected chi connectivity index (χ1v) is 5.71. The third-order valence-electron chi connectivity index (χ3n) is 2.41. The van der Waals surface area contributed by atoms with Crippen molar-refractivity contribution < 1.29 is 9.84 Å². The maximum absolute atomic E-state index is 9.42. The fraction of sp³-hybridized carbons (Fsp3) is 0.200. The summed E-state index contributed by atoms with van der Waals surface area (Å²) >= 11 is 0. The Bertz CT molecular complexity index is 487. The second kappa shape index (κ2) is 4.91. The van der Waals surface area contributed by atoms with Gasteiger partial charge in [-0.25, -0.2) is 0 Å². The lowest BCUT2D eigenvalue weighted by Gasteiger charge is -2.10. The normalized spacial score (nSPS) is 10.5. The largest absolute Gasteiger partial charge is 0.508 e. The highest BCUT2D eigenvalue weighted by Gasteiger charge is 2.00. The van der Waals surface area contributed by atoms with E-state index < -0.39 is 0 Å². The lowest BCUT2D eigenvalue weighted by molar-refractivity contribution is 0.242. The van der Waals surface area contributed by atoms with E-state index in [1.807, 2.05) is 50.2 Å². The van der Waals surface area contributed by atoms with Gasteiger partial charge in [0.1, 0.15) is 11.5 Å². The van der Waals surface area contributed by atoms with Gasteiger partial charge >= 0.3 is 0 Å². The molecule has 0 unspecified atom stereocenters. The zero-order chi connectivity index (χ0) is 12.3. The molecule has 0 fully saturated rings. The van der Waals surface area contributed by atoms with Gasteiger partial charge in [0.15, 0.2) is 0 Å². The lowest BCUT2D eigenvalue weighted by atomic mass is 10.1. The first-order valence-electron chi connectivity index (χ1n) is 5.71. The predicted octanol–water partition coefficient (Wildman–Crippen LogP) is 3.85. The molecule has 2 aromatic rings. The van der Waals surface area contributed by atoms with E-state index in [9.17, 15) is 5.11 Å². The summed E-state index contributed by atoms with van der Waals surface area (Å²) in [5.41, 5.74) is 2.07. The quantitative estimate of drug-likeness (QED) is 0.864. The molecule has 2 heteroatoms. The molecule has 2 aromatic carbocycles. The summed E-state index contributed by atoms with van der Waals surface area (Å²) in [7, 11) is 0. The molecule has 0 spiro atoms. The molecule has 0 bridgehead atoms. The van der Waals surface area contributed by atoms with E-state index in [1.54, 1.807) is 12.1 Å². The highest BCUT2D eigenvalue weighted by molar-refractivity contribution is 5.65. The van der Waals surface area contributed by atoms with Gasteiger partial charge < -0.3 is 9.84 Å². The number of ether oxygens (including phenoxy) is 1. The number of hydrogen-bond acceptors (Lipinski definition) is 2. The van der Waals surface area contributed by atoms with Gasteiger partial charge in [-0.05, 0) is 49.2 Å². The number of phenols is 1. The Morgan fingerprint density at radius 3 is 2.24 bits per heavy atom. The summed E-state index contributed by atoms with van der Waals surface area (Å²) in [5, 5.41) is 9.42. The summed E-state index contributed by atoms with van der Waals surface area (Å²) in [4.78, 5) is 0. The summed E-state index contributed by atoms with van der Waals surface area (Å²) in [5.74, 6) is 1.15. The fourth-order valence-corrected chi connectivity index (χ4v) is 1.68. The Morgan fingerprint density at radius 1 is 0.941 bits per heavy atom. The van der Waals surface area contributed by atoms with Gasteiger partial charge in [-0.2, -0.15) is 0 Å². The molecule has 0 heterocycles. The minimum Gasteiger partial charge on any atom is -0.508 e. The molecule has 0 aliphatic rings. The van der Waals surface area contributed by atoms with Crippen molar-refractivity contribution in [3.8, 4) is 22.6 Å². The smallest absolute Gasteiger partial charge is 0.119 e. The molecule has 17 heavy (non-hydrogen) atoms. The molecule has 2 nitrogen and oxygen atoms in total. The molecule has 0 atom stereocenters. The molecule has 2 rings (SSSR count). The van der Waals surface area contributed by atoms with Gasteiger partial charge in [0.2, 0.25) is 0 Å². The van der Waals surface area contributed by atoms with Crippen LogP contribution < -0.4 is 4.74 Å². The summed E-state index contributed by atoms with van der Waals surface area (Å²) in [6, 6.07) is 15.1. The zero-order valence-electron chi connectivity index (χ0n) is 10.1. The van der Waals surface area contributed by atoms with Crippen LogP contribution in [-0.2, 0) is 0 Å². The SMILES string of the molecule is CC(C)Oc1ccc(-c2cccc(O)c2)cc1. The van der Waals surface area contributed by atoms with Crippen molar-refractivity contribution in [1.29, 1.82) is 0 Å². The zero-order valence-corrected chi connectivity index (χ0v) is 10.1. The highest BCUT2D eigenvalue weighted by atomic mass is 16.5. The molecule has 0 saturated carbocycles.